The first-order valence-corrected chi connectivity index (χ1v) is 7.37. The smallest absolute Gasteiger partial charge is 0.262 e. The standard InChI is InChI=1S/C14H17BrF2N2O2.ClH/c1-8(9-3-4-12(21-2)10(15)5-9)19-13(20)11-6-14(16,17)7-18-11;/h3-5,8,11,18H,6-7H2,1-2H3,(H,19,20);1H. The Morgan fingerprint density at radius 3 is 2.73 bits per heavy atom. The third-order valence-corrected chi connectivity index (χ3v) is 4.08. The first kappa shape index (κ1) is 19.1. The second-order valence-electron chi connectivity index (χ2n) is 5.12. The minimum absolute atomic E-state index is 0. The molecule has 1 heterocycles. The number of halogens is 4. The van der Waals surface area contributed by atoms with Gasteiger partial charge in [-0.15, -0.1) is 12.4 Å². The highest BCUT2D eigenvalue weighted by Crippen LogP contribution is 2.29. The van der Waals surface area contributed by atoms with Crippen molar-refractivity contribution >= 4 is 34.2 Å². The zero-order valence-corrected chi connectivity index (χ0v) is 14.6. The quantitative estimate of drug-likeness (QED) is 0.818. The number of hydrogen-bond donors (Lipinski definition) is 2. The van der Waals surface area contributed by atoms with E-state index in [0.717, 1.165) is 10.0 Å². The van der Waals surface area contributed by atoms with Gasteiger partial charge in [-0.2, -0.15) is 0 Å². The molecule has 1 aromatic rings. The lowest BCUT2D eigenvalue weighted by molar-refractivity contribution is -0.124. The summed E-state index contributed by atoms with van der Waals surface area (Å²) >= 11 is 3.37. The molecular weight excluding hydrogens is 382 g/mol. The minimum atomic E-state index is -2.81. The van der Waals surface area contributed by atoms with Crippen molar-refractivity contribution in [3.63, 3.8) is 0 Å². The highest BCUT2D eigenvalue weighted by atomic mass is 79.9. The molecular formula is C14H18BrClF2N2O2. The van der Waals surface area contributed by atoms with Crippen LogP contribution in [0.1, 0.15) is 24.9 Å². The van der Waals surface area contributed by atoms with Gasteiger partial charge < -0.3 is 10.1 Å². The van der Waals surface area contributed by atoms with Crippen LogP contribution in [0.2, 0.25) is 0 Å². The van der Waals surface area contributed by atoms with Gasteiger partial charge >= 0.3 is 0 Å². The van der Waals surface area contributed by atoms with Gasteiger partial charge in [0.15, 0.2) is 0 Å². The summed E-state index contributed by atoms with van der Waals surface area (Å²) in [5.74, 6) is -2.53. The molecule has 0 bridgehead atoms. The average molecular weight is 400 g/mol. The average Bonchev–Trinajstić information content (AvgIpc) is 2.79. The molecule has 2 atom stereocenters. The molecule has 0 aliphatic carbocycles. The largest absolute Gasteiger partial charge is 0.496 e. The predicted octanol–water partition coefficient (Wildman–Crippen LogP) is 3.05. The second-order valence-corrected chi connectivity index (χ2v) is 5.97. The van der Waals surface area contributed by atoms with Crippen molar-refractivity contribution in [3.05, 3.63) is 28.2 Å². The summed E-state index contributed by atoms with van der Waals surface area (Å²) in [5.41, 5.74) is 0.862. The Labute approximate surface area is 142 Å². The third kappa shape index (κ3) is 4.54. The maximum absolute atomic E-state index is 13.1. The Balaban J connectivity index is 0.00000242. The van der Waals surface area contributed by atoms with E-state index in [-0.39, 0.29) is 18.4 Å². The van der Waals surface area contributed by atoms with Crippen LogP contribution in [0, 0.1) is 0 Å². The number of benzene rings is 1. The topological polar surface area (TPSA) is 50.4 Å². The number of rotatable bonds is 4. The van der Waals surface area contributed by atoms with E-state index in [9.17, 15) is 13.6 Å². The lowest BCUT2D eigenvalue weighted by Crippen LogP contribution is -2.41. The molecule has 1 amide bonds. The van der Waals surface area contributed by atoms with Crippen molar-refractivity contribution in [2.45, 2.75) is 31.4 Å². The van der Waals surface area contributed by atoms with Gasteiger partial charge in [-0.05, 0) is 40.5 Å². The van der Waals surface area contributed by atoms with E-state index < -0.39 is 30.8 Å². The molecule has 4 nitrogen and oxygen atoms in total. The molecule has 1 aliphatic rings. The first-order valence-electron chi connectivity index (χ1n) is 6.57. The van der Waals surface area contributed by atoms with Gasteiger partial charge in [-0.3, -0.25) is 10.1 Å². The first-order chi connectivity index (χ1) is 9.82. The van der Waals surface area contributed by atoms with Crippen LogP contribution in [0.15, 0.2) is 22.7 Å². The highest BCUT2D eigenvalue weighted by Gasteiger charge is 2.42. The third-order valence-electron chi connectivity index (χ3n) is 3.46. The number of amides is 1. The van der Waals surface area contributed by atoms with E-state index >= 15 is 0 Å². The summed E-state index contributed by atoms with van der Waals surface area (Å²) in [6, 6.07) is 4.32. The van der Waals surface area contributed by atoms with Crippen molar-refractivity contribution in [1.82, 2.24) is 10.6 Å². The van der Waals surface area contributed by atoms with E-state index in [1.165, 1.54) is 0 Å². The fourth-order valence-electron chi connectivity index (χ4n) is 2.25. The van der Waals surface area contributed by atoms with E-state index in [2.05, 4.69) is 26.6 Å². The van der Waals surface area contributed by atoms with Crippen molar-refractivity contribution in [3.8, 4) is 5.75 Å². The molecule has 22 heavy (non-hydrogen) atoms. The van der Waals surface area contributed by atoms with E-state index in [0.29, 0.717) is 5.75 Å². The molecule has 0 radical (unpaired) electrons. The van der Waals surface area contributed by atoms with Crippen LogP contribution in [0.5, 0.6) is 5.75 Å². The molecule has 1 saturated heterocycles. The van der Waals surface area contributed by atoms with Crippen LogP contribution >= 0.6 is 28.3 Å². The van der Waals surface area contributed by atoms with Gasteiger partial charge in [0.1, 0.15) is 5.75 Å². The highest BCUT2D eigenvalue weighted by molar-refractivity contribution is 9.10. The number of alkyl halides is 2. The molecule has 2 N–H and O–H groups in total. The fraction of sp³-hybridized carbons (Fsp3) is 0.500. The van der Waals surface area contributed by atoms with Crippen LogP contribution in [0.25, 0.3) is 0 Å². The molecule has 0 spiro atoms. The van der Waals surface area contributed by atoms with Gasteiger partial charge in [0, 0.05) is 6.42 Å². The van der Waals surface area contributed by atoms with Gasteiger partial charge in [0.2, 0.25) is 5.91 Å². The minimum Gasteiger partial charge on any atom is -0.496 e. The number of hydrogen-bond acceptors (Lipinski definition) is 3. The van der Waals surface area contributed by atoms with Gasteiger partial charge in [0.25, 0.3) is 5.92 Å². The Bertz CT molecular complexity index is 546. The van der Waals surface area contributed by atoms with E-state index in [1.54, 1.807) is 20.1 Å². The van der Waals surface area contributed by atoms with Crippen LogP contribution in [0.3, 0.4) is 0 Å². The Hall–Kier alpha value is -0.920. The second kappa shape index (κ2) is 7.57. The SMILES string of the molecule is COc1ccc(C(C)NC(=O)C2CC(F)(F)CN2)cc1Br.Cl. The maximum Gasteiger partial charge on any atom is 0.262 e. The summed E-state index contributed by atoms with van der Waals surface area (Å²) in [6.45, 7) is 1.35. The number of ether oxygens (including phenoxy) is 1. The molecule has 1 aliphatic heterocycles. The van der Waals surface area contributed by atoms with Gasteiger partial charge in [-0.1, -0.05) is 6.07 Å². The molecule has 8 heteroatoms. The number of nitrogens with one attached hydrogen (secondary N) is 2. The van der Waals surface area contributed by atoms with Gasteiger partial charge in [0.05, 0.1) is 30.2 Å². The summed E-state index contributed by atoms with van der Waals surface area (Å²) in [5, 5.41) is 5.29. The summed E-state index contributed by atoms with van der Waals surface area (Å²) in [6.07, 6.45) is -0.460. The normalized spacial score (nSPS) is 20.9. The van der Waals surface area contributed by atoms with Crippen molar-refractivity contribution < 1.29 is 18.3 Å². The summed E-state index contributed by atoms with van der Waals surface area (Å²) in [7, 11) is 1.57. The Morgan fingerprint density at radius 2 is 2.23 bits per heavy atom. The van der Waals surface area contributed by atoms with Crippen LogP contribution in [0.4, 0.5) is 8.78 Å². The van der Waals surface area contributed by atoms with Crippen molar-refractivity contribution in [2.75, 3.05) is 13.7 Å². The molecule has 124 valence electrons. The zero-order valence-electron chi connectivity index (χ0n) is 12.2. The van der Waals surface area contributed by atoms with Crippen LogP contribution in [-0.4, -0.2) is 31.5 Å². The zero-order chi connectivity index (χ0) is 15.6. The van der Waals surface area contributed by atoms with Crippen LogP contribution < -0.4 is 15.4 Å². The van der Waals surface area contributed by atoms with Crippen molar-refractivity contribution in [2.24, 2.45) is 0 Å². The van der Waals surface area contributed by atoms with E-state index in [1.807, 2.05) is 12.1 Å². The Morgan fingerprint density at radius 1 is 1.55 bits per heavy atom. The van der Waals surface area contributed by atoms with Crippen LogP contribution in [-0.2, 0) is 4.79 Å². The molecule has 2 rings (SSSR count). The monoisotopic (exact) mass is 398 g/mol. The van der Waals surface area contributed by atoms with Crippen molar-refractivity contribution in [1.29, 1.82) is 0 Å². The fourth-order valence-corrected chi connectivity index (χ4v) is 2.81. The maximum atomic E-state index is 13.1. The molecule has 0 aromatic heterocycles. The number of methoxy groups -OCH3 is 1. The number of carbonyl (C=O) groups is 1. The Kier molecular flexibility index (Phi) is 6.58. The summed E-state index contributed by atoms with van der Waals surface area (Å²) < 4.78 is 32.1. The molecule has 1 fully saturated rings. The van der Waals surface area contributed by atoms with E-state index in [4.69, 9.17) is 4.74 Å². The molecule has 0 saturated carbocycles. The predicted molar refractivity (Wildman–Crippen MR) is 85.9 cm³/mol. The lowest BCUT2D eigenvalue weighted by atomic mass is 10.1. The molecule has 1 aromatic carbocycles. The van der Waals surface area contributed by atoms with Gasteiger partial charge in [-0.25, -0.2) is 8.78 Å². The summed E-state index contributed by atoms with van der Waals surface area (Å²) in [4.78, 5) is 12.0. The lowest BCUT2D eigenvalue weighted by Gasteiger charge is -2.18. The number of carbonyl (C=O) groups excluding carboxylic acids is 1. The molecule has 2 unspecified atom stereocenters.